The topological polar surface area (TPSA) is 40.3 Å². The van der Waals surface area contributed by atoms with Crippen molar-refractivity contribution in [1.29, 1.82) is 0 Å². The molecule has 1 N–H and O–H groups in total. The predicted molar refractivity (Wildman–Crippen MR) is 57.0 cm³/mol. The van der Waals surface area contributed by atoms with Crippen molar-refractivity contribution in [2.45, 2.75) is 45.4 Å². The SMILES string of the molecule is CC1=CC(C2CCCCC2)=[N+](O)C(=O)C1. The van der Waals surface area contributed by atoms with E-state index >= 15 is 0 Å². The fraction of sp³-hybridized carbons (Fsp3) is 0.667. The standard InChI is InChI=1S/C12H18NO2/c1-9-7-11(13(15)12(14)8-9)10-5-3-2-4-6-10/h7,10,15H,2-6,8H2,1H3/q+1. The van der Waals surface area contributed by atoms with Crippen molar-refractivity contribution in [2.24, 2.45) is 5.92 Å². The lowest BCUT2D eigenvalue weighted by atomic mass is 9.84. The van der Waals surface area contributed by atoms with Crippen molar-refractivity contribution < 1.29 is 14.7 Å². The molecule has 3 heteroatoms. The highest BCUT2D eigenvalue weighted by Crippen LogP contribution is 2.27. The average Bonchev–Trinajstić information content (AvgIpc) is 2.24. The van der Waals surface area contributed by atoms with Crippen LogP contribution in [0, 0.1) is 5.92 Å². The van der Waals surface area contributed by atoms with Crippen molar-refractivity contribution in [2.75, 3.05) is 0 Å². The van der Waals surface area contributed by atoms with Gasteiger partial charge in [0.15, 0.2) is 0 Å². The van der Waals surface area contributed by atoms with Crippen LogP contribution in [0.5, 0.6) is 0 Å². The molecule has 1 aliphatic heterocycles. The summed E-state index contributed by atoms with van der Waals surface area (Å²) in [7, 11) is 0. The number of hydroxylamine groups is 1. The Kier molecular flexibility index (Phi) is 2.89. The molecule has 0 unspecified atom stereocenters. The normalized spacial score (nSPS) is 24.3. The summed E-state index contributed by atoms with van der Waals surface area (Å²) in [6.07, 6.45) is 8.25. The quantitative estimate of drug-likeness (QED) is 0.408. The van der Waals surface area contributed by atoms with Crippen LogP contribution >= 0.6 is 0 Å². The summed E-state index contributed by atoms with van der Waals surface area (Å²) in [5, 5.41) is 9.71. The zero-order valence-corrected chi connectivity index (χ0v) is 9.20. The molecule has 82 valence electrons. The summed E-state index contributed by atoms with van der Waals surface area (Å²) < 4.78 is 0.878. The number of allylic oxidation sites excluding steroid dienone is 1. The molecule has 1 saturated carbocycles. The highest BCUT2D eigenvalue weighted by atomic mass is 16.5. The van der Waals surface area contributed by atoms with Crippen LogP contribution in [0.1, 0.15) is 45.4 Å². The minimum atomic E-state index is -0.185. The van der Waals surface area contributed by atoms with Crippen molar-refractivity contribution in [1.82, 2.24) is 0 Å². The fourth-order valence-corrected chi connectivity index (χ4v) is 2.51. The first-order chi connectivity index (χ1) is 7.18. The first-order valence-electron chi connectivity index (χ1n) is 5.74. The van der Waals surface area contributed by atoms with Crippen LogP contribution in [0.2, 0.25) is 0 Å². The molecule has 0 atom stereocenters. The molecule has 0 bridgehead atoms. The Morgan fingerprint density at radius 1 is 1.33 bits per heavy atom. The Labute approximate surface area is 90.1 Å². The highest BCUT2D eigenvalue weighted by Gasteiger charge is 2.33. The number of hydrogen-bond acceptors (Lipinski definition) is 2. The van der Waals surface area contributed by atoms with Gasteiger partial charge in [0.1, 0.15) is 6.42 Å². The third-order valence-electron chi connectivity index (χ3n) is 3.33. The van der Waals surface area contributed by atoms with Crippen molar-refractivity contribution in [3.63, 3.8) is 0 Å². The van der Waals surface area contributed by atoms with E-state index in [9.17, 15) is 10.0 Å². The minimum absolute atomic E-state index is 0.185. The maximum Gasteiger partial charge on any atom is 0.438 e. The maximum atomic E-state index is 11.5. The molecule has 15 heavy (non-hydrogen) atoms. The van der Waals surface area contributed by atoms with E-state index in [0.717, 1.165) is 28.9 Å². The van der Waals surface area contributed by atoms with Gasteiger partial charge < -0.3 is 0 Å². The van der Waals surface area contributed by atoms with Gasteiger partial charge >= 0.3 is 5.91 Å². The van der Waals surface area contributed by atoms with E-state index in [1.807, 2.05) is 13.0 Å². The van der Waals surface area contributed by atoms with Gasteiger partial charge in [0.25, 0.3) is 0 Å². The van der Waals surface area contributed by atoms with Crippen molar-refractivity contribution >= 4 is 11.6 Å². The Morgan fingerprint density at radius 3 is 2.67 bits per heavy atom. The Bertz CT molecular complexity index is 336. The molecule has 1 amide bonds. The molecule has 0 aromatic rings. The van der Waals surface area contributed by atoms with Crippen molar-refractivity contribution in [3.8, 4) is 0 Å². The molecule has 0 saturated heterocycles. The molecule has 2 aliphatic rings. The Hall–Kier alpha value is -1.12. The van der Waals surface area contributed by atoms with Gasteiger partial charge in [-0.25, -0.2) is 4.79 Å². The van der Waals surface area contributed by atoms with Gasteiger partial charge in [-0.15, -0.1) is 0 Å². The number of carbonyl (C=O) groups is 1. The first-order valence-corrected chi connectivity index (χ1v) is 5.74. The smallest absolute Gasteiger partial charge is 0.282 e. The highest BCUT2D eigenvalue weighted by molar-refractivity contribution is 5.98. The summed E-state index contributed by atoms with van der Waals surface area (Å²) in [5.74, 6) is 0.193. The van der Waals surface area contributed by atoms with Gasteiger partial charge in [-0.3, -0.25) is 5.21 Å². The zero-order valence-electron chi connectivity index (χ0n) is 9.20. The van der Waals surface area contributed by atoms with Gasteiger partial charge in [-0.05, 0) is 19.8 Å². The molecule has 1 heterocycles. The van der Waals surface area contributed by atoms with Gasteiger partial charge in [0, 0.05) is 16.7 Å². The second-order valence-electron chi connectivity index (χ2n) is 4.63. The molecule has 1 fully saturated rings. The number of carbonyl (C=O) groups excluding carboxylic acids is 1. The number of nitrogens with zero attached hydrogens (tertiary/aromatic N) is 1. The molecular weight excluding hydrogens is 190 g/mol. The van der Waals surface area contributed by atoms with E-state index in [4.69, 9.17) is 0 Å². The number of hydrogen-bond donors (Lipinski definition) is 1. The van der Waals surface area contributed by atoms with Crippen LogP contribution in [0.25, 0.3) is 0 Å². The second-order valence-corrected chi connectivity index (χ2v) is 4.63. The second kappa shape index (κ2) is 4.17. The number of rotatable bonds is 1. The van der Waals surface area contributed by atoms with Crippen LogP contribution in [0.3, 0.4) is 0 Å². The molecule has 0 aromatic heterocycles. The summed E-state index contributed by atoms with van der Waals surface area (Å²) in [6, 6.07) is 0. The molecule has 1 aliphatic carbocycles. The summed E-state index contributed by atoms with van der Waals surface area (Å²) in [4.78, 5) is 11.5. The molecular formula is C12H18NO2+. The van der Waals surface area contributed by atoms with E-state index in [-0.39, 0.29) is 5.91 Å². The van der Waals surface area contributed by atoms with Crippen LogP contribution in [0.4, 0.5) is 0 Å². The summed E-state index contributed by atoms with van der Waals surface area (Å²) >= 11 is 0. The molecule has 0 spiro atoms. The minimum Gasteiger partial charge on any atom is -0.282 e. The molecule has 3 nitrogen and oxygen atoms in total. The monoisotopic (exact) mass is 208 g/mol. The molecule has 0 radical (unpaired) electrons. The van der Waals surface area contributed by atoms with E-state index < -0.39 is 0 Å². The van der Waals surface area contributed by atoms with Gasteiger partial charge in [-0.1, -0.05) is 24.8 Å². The van der Waals surface area contributed by atoms with Crippen LogP contribution < -0.4 is 0 Å². The van der Waals surface area contributed by atoms with E-state index in [1.165, 1.54) is 19.3 Å². The third kappa shape index (κ3) is 2.11. The van der Waals surface area contributed by atoms with E-state index in [1.54, 1.807) is 0 Å². The lowest BCUT2D eigenvalue weighted by Gasteiger charge is -2.20. The van der Waals surface area contributed by atoms with Crippen LogP contribution in [-0.2, 0) is 4.79 Å². The first kappa shape index (κ1) is 10.4. The van der Waals surface area contributed by atoms with Gasteiger partial charge in [0.05, 0.1) is 0 Å². The lowest BCUT2D eigenvalue weighted by molar-refractivity contribution is -0.706. The average molecular weight is 208 g/mol. The van der Waals surface area contributed by atoms with E-state index in [2.05, 4.69) is 0 Å². The number of amides is 1. The van der Waals surface area contributed by atoms with Crippen LogP contribution in [0.15, 0.2) is 11.6 Å². The predicted octanol–water partition coefficient (Wildman–Crippen LogP) is 2.29. The van der Waals surface area contributed by atoms with Gasteiger partial charge in [-0.2, -0.15) is 0 Å². The van der Waals surface area contributed by atoms with Gasteiger partial charge in [0.2, 0.25) is 5.71 Å². The summed E-state index contributed by atoms with van der Waals surface area (Å²) in [6.45, 7) is 1.95. The summed E-state index contributed by atoms with van der Waals surface area (Å²) in [5.41, 5.74) is 1.88. The molecule has 2 rings (SSSR count). The Balaban J connectivity index is 2.24. The third-order valence-corrected chi connectivity index (χ3v) is 3.33. The fourth-order valence-electron chi connectivity index (χ4n) is 2.51. The zero-order chi connectivity index (χ0) is 10.8. The van der Waals surface area contributed by atoms with Crippen molar-refractivity contribution in [3.05, 3.63) is 11.6 Å². The van der Waals surface area contributed by atoms with Crippen LogP contribution in [-0.4, -0.2) is 21.6 Å². The maximum absolute atomic E-state index is 11.5. The lowest BCUT2D eigenvalue weighted by Crippen LogP contribution is -2.33. The largest absolute Gasteiger partial charge is 0.438 e. The Morgan fingerprint density at radius 2 is 2.00 bits per heavy atom. The molecule has 0 aromatic carbocycles. The van der Waals surface area contributed by atoms with E-state index in [0.29, 0.717) is 12.3 Å².